The monoisotopic (exact) mass is 270 g/mol. The maximum atomic E-state index is 14.0. The summed E-state index contributed by atoms with van der Waals surface area (Å²) in [5, 5.41) is 10.3. The Hall–Kier alpha value is -2.46. The maximum Gasteiger partial charge on any atom is 0.343 e. The molecule has 0 spiro atoms. The number of hydrogen-bond donors (Lipinski definition) is 1. The molecule has 0 aliphatic rings. The quantitative estimate of drug-likeness (QED) is 0.778. The molecule has 1 aromatic heterocycles. The Morgan fingerprint density at radius 1 is 1.00 bits per heavy atom. The molecule has 0 radical (unpaired) electrons. The second-order valence-corrected chi connectivity index (χ2v) is 4.37. The van der Waals surface area contributed by atoms with Gasteiger partial charge in [-0.3, -0.25) is 0 Å². The molecule has 0 aliphatic carbocycles. The molecule has 3 rings (SSSR count). The van der Waals surface area contributed by atoms with Gasteiger partial charge in [0.05, 0.1) is 5.39 Å². The molecule has 0 saturated carbocycles. The summed E-state index contributed by atoms with van der Waals surface area (Å²) in [6.07, 6.45) is 0. The summed E-state index contributed by atoms with van der Waals surface area (Å²) in [6, 6.07) is 13.0. The van der Waals surface area contributed by atoms with Crippen molar-refractivity contribution in [3.05, 3.63) is 70.5 Å². The number of aliphatic hydroxyl groups excluding tert-OH is 1. The van der Waals surface area contributed by atoms with Gasteiger partial charge in [0, 0.05) is 16.5 Å². The van der Waals surface area contributed by atoms with E-state index in [1.807, 2.05) is 0 Å². The molecule has 0 amide bonds. The number of rotatable bonds is 2. The van der Waals surface area contributed by atoms with Crippen LogP contribution in [0, 0.1) is 5.82 Å². The third kappa shape index (κ3) is 1.90. The summed E-state index contributed by atoms with van der Waals surface area (Å²) in [5.74, 6) is -0.361. The van der Waals surface area contributed by atoms with Crippen molar-refractivity contribution < 1.29 is 13.9 Å². The fourth-order valence-electron chi connectivity index (χ4n) is 2.32. The standard InChI is InChI=1S/C16H11FO3/c17-13-8-4-3-7-12(13)15-10-5-1-2-6-11(10)16(19)20-14(15)9-18/h1-8,18H,9H2. The number of fused-ring (bicyclic) bond motifs is 1. The first-order valence-electron chi connectivity index (χ1n) is 6.13. The zero-order valence-corrected chi connectivity index (χ0v) is 10.5. The highest BCUT2D eigenvalue weighted by molar-refractivity contribution is 5.96. The van der Waals surface area contributed by atoms with E-state index in [4.69, 9.17) is 4.42 Å². The minimum absolute atomic E-state index is 0.0683. The summed E-state index contributed by atoms with van der Waals surface area (Å²) < 4.78 is 19.1. The molecule has 0 atom stereocenters. The SMILES string of the molecule is O=c1oc(CO)c(-c2ccccc2F)c2ccccc12. The summed E-state index contributed by atoms with van der Waals surface area (Å²) in [5.41, 5.74) is 0.182. The van der Waals surface area contributed by atoms with Crippen molar-refractivity contribution in [3.63, 3.8) is 0 Å². The van der Waals surface area contributed by atoms with Crippen molar-refractivity contribution in [1.82, 2.24) is 0 Å². The molecule has 0 fully saturated rings. The van der Waals surface area contributed by atoms with Crippen LogP contribution in [0.5, 0.6) is 0 Å². The van der Waals surface area contributed by atoms with E-state index in [2.05, 4.69) is 0 Å². The molecule has 1 N–H and O–H groups in total. The highest BCUT2D eigenvalue weighted by Crippen LogP contribution is 2.32. The van der Waals surface area contributed by atoms with Crippen LogP contribution in [0.2, 0.25) is 0 Å². The van der Waals surface area contributed by atoms with Gasteiger partial charge in [-0.25, -0.2) is 9.18 Å². The van der Waals surface area contributed by atoms with Crippen LogP contribution in [0.4, 0.5) is 4.39 Å². The van der Waals surface area contributed by atoms with Crippen LogP contribution in [0.15, 0.2) is 57.7 Å². The van der Waals surface area contributed by atoms with Crippen LogP contribution >= 0.6 is 0 Å². The summed E-state index contributed by atoms with van der Waals surface area (Å²) >= 11 is 0. The van der Waals surface area contributed by atoms with E-state index >= 15 is 0 Å². The van der Waals surface area contributed by atoms with E-state index in [1.54, 1.807) is 42.5 Å². The van der Waals surface area contributed by atoms with E-state index < -0.39 is 18.0 Å². The Kier molecular flexibility index (Phi) is 3.08. The lowest BCUT2D eigenvalue weighted by Gasteiger charge is -2.10. The lowest BCUT2D eigenvalue weighted by Crippen LogP contribution is -2.05. The Morgan fingerprint density at radius 2 is 1.65 bits per heavy atom. The van der Waals surface area contributed by atoms with E-state index in [1.165, 1.54) is 6.07 Å². The lowest BCUT2D eigenvalue weighted by atomic mass is 9.98. The third-order valence-electron chi connectivity index (χ3n) is 3.20. The number of benzene rings is 2. The first kappa shape index (κ1) is 12.6. The van der Waals surface area contributed by atoms with Crippen LogP contribution in [0.3, 0.4) is 0 Å². The average molecular weight is 270 g/mol. The normalized spacial score (nSPS) is 10.9. The van der Waals surface area contributed by atoms with Gasteiger partial charge in [-0.2, -0.15) is 0 Å². The van der Waals surface area contributed by atoms with E-state index in [-0.39, 0.29) is 5.76 Å². The van der Waals surface area contributed by atoms with Gasteiger partial charge >= 0.3 is 5.63 Å². The summed E-state index contributed by atoms with van der Waals surface area (Å²) in [7, 11) is 0. The molecule has 0 bridgehead atoms. The van der Waals surface area contributed by atoms with Crippen LogP contribution in [0.1, 0.15) is 5.76 Å². The fraction of sp³-hybridized carbons (Fsp3) is 0.0625. The zero-order valence-electron chi connectivity index (χ0n) is 10.5. The van der Waals surface area contributed by atoms with Gasteiger partial charge in [0.25, 0.3) is 0 Å². The van der Waals surface area contributed by atoms with Gasteiger partial charge in [-0.15, -0.1) is 0 Å². The van der Waals surface area contributed by atoms with Crippen molar-refractivity contribution in [3.8, 4) is 11.1 Å². The first-order valence-corrected chi connectivity index (χ1v) is 6.13. The van der Waals surface area contributed by atoms with Crippen molar-refractivity contribution in [2.45, 2.75) is 6.61 Å². The molecule has 0 unspecified atom stereocenters. The van der Waals surface area contributed by atoms with Gasteiger partial charge in [0.1, 0.15) is 18.2 Å². The molecule has 3 nitrogen and oxygen atoms in total. The highest BCUT2D eigenvalue weighted by Gasteiger charge is 2.17. The average Bonchev–Trinajstić information content (AvgIpc) is 2.48. The van der Waals surface area contributed by atoms with Crippen molar-refractivity contribution in [2.24, 2.45) is 0 Å². The van der Waals surface area contributed by atoms with Gasteiger partial charge in [0.2, 0.25) is 0 Å². The Bertz CT molecular complexity index is 836. The predicted octanol–water partition coefficient (Wildman–Crippen LogP) is 3.09. The smallest absolute Gasteiger partial charge is 0.343 e. The third-order valence-corrected chi connectivity index (χ3v) is 3.20. The Morgan fingerprint density at radius 3 is 2.35 bits per heavy atom. The molecule has 1 heterocycles. The van der Waals surface area contributed by atoms with Crippen molar-refractivity contribution >= 4 is 10.8 Å². The fourth-order valence-corrected chi connectivity index (χ4v) is 2.32. The molecular weight excluding hydrogens is 259 g/mol. The minimum Gasteiger partial charge on any atom is -0.424 e. The van der Waals surface area contributed by atoms with Gasteiger partial charge in [-0.1, -0.05) is 36.4 Å². The lowest BCUT2D eigenvalue weighted by molar-refractivity contribution is 0.242. The predicted molar refractivity (Wildman–Crippen MR) is 73.8 cm³/mol. The van der Waals surface area contributed by atoms with E-state index in [9.17, 15) is 14.3 Å². The number of halogens is 1. The van der Waals surface area contributed by atoms with Crippen molar-refractivity contribution in [1.29, 1.82) is 0 Å². The number of aliphatic hydroxyl groups is 1. The molecule has 0 saturated heterocycles. The Balaban J connectivity index is 2.48. The molecule has 100 valence electrons. The van der Waals surface area contributed by atoms with Crippen LogP contribution < -0.4 is 5.63 Å². The number of hydrogen-bond acceptors (Lipinski definition) is 3. The topological polar surface area (TPSA) is 50.4 Å². The highest BCUT2D eigenvalue weighted by atomic mass is 19.1. The Labute approximate surface area is 113 Å². The second kappa shape index (κ2) is 4.90. The van der Waals surface area contributed by atoms with E-state index in [0.29, 0.717) is 21.9 Å². The van der Waals surface area contributed by atoms with E-state index in [0.717, 1.165) is 0 Å². The molecule has 2 aromatic carbocycles. The van der Waals surface area contributed by atoms with Crippen LogP contribution in [0.25, 0.3) is 21.9 Å². The van der Waals surface area contributed by atoms with Gasteiger partial charge in [0.15, 0.2) is 0 Å². The largest absolute Gasteiger partial charge is 0.424 e. The minimum atomic E-state index is -0.537. The van der Waals surface area contributed by atoms with Crippen molar-refractivity contribution in [2.75, 3.05) is 0 Å². The zero-order chi connectivity index (χ0) is 14.1. The molecular formula is C16H11FO3. The van der Waals surface area contributed by atoms with Crippen LogP contribution in [-0.4, -0.2) is 5.11 Å². The molecule has 4 heteroatoms. The van der Waals surface area contributed by atoms with Gasteiger partial charge < -0.3 is 9.52 Å². The maximum absolute atomic E-state index is 14.0. The summed E-state index contributed by atoms with van der Waals surface area (Å²) in [6.45, 7) is -0.469. The first-order chi connectivity index (χ1) is 9.72. The van der Waals surface area contributed by atoms with Crippen LogP contribution in [-0.2, 0) is 6.61 Å². The molecule has 3 aromatic rings. The molecule has 0 aliphatic heterocycles. The van der Waals surface area contributed by atoms with Gasteiger partial charge in [-0.05, 0) is 12.1 Å². The molecule has 20 heavy (non-hydrogen) atoms. The summed E-state index contributed by atoms with van der Waals surface area (Å²) in [4.78, 5) is 11.9. The second-order valence-electron chi connectivity index (χ2n) is 4.37.